The summed E-state index contributed by atoms with van der Waals surface area (Å²) in [5, 5.41) is 2.07. The molecule has 0 aromatic carbocycles. The van der Waals surface area contributed by atoms with Gasteiger partial charge >= 0.3 is 0 Å². The first-order valence-electron chi connectivity index (χ1n) is 6.05. The fraction of sp³-hybridized carbons (Fsp3) is 0.615. The van der Waals surface area contributed by atoms with E-state index < -0.39 is 0 Å². The number of hydrogen-bond donors (Lipinski definition) is 0. The van der Waals surface area contributed by atoms with Crippen LogP contribution in [0.1, 0.15) is 25.6 Å². The van der Waals surface area contributed by atoms with E-state index in [0.29, 0.717) is 6.54 Å². The number of amides is 1. The smallest absolute Gasteiger partial charge is 0.236 e. The highest BCUT2D eigenvalue weighted by Crippen LogP contribution is 2.11. The Morgan fingerprint density at radius 2 is 2.18 bits per heavy atom. The van der Waals surface area contributed by atoms with Gasteiger partial charge in [-0.1, -0.05) is 13.0 Å². The Labute approximate surface area is 108 Å². The van der Waals surface area contributed by atoms with E-state index in [1.807, 2.05) is 20.9 Å². The molecule has 1 amide bonds. The van der Waals surface area contributed by atoms with Crippen molar-refractivity contribution in [1.29, 1.82) is 0 Å². The summed E-state index contributed by atoms with van der Waals surface area (Å²) in [5.74, 6) is 0.193. The lowest BCUT2D eigenvalue weighted by molar-refractivity contribution is -0.132. The van der Waals surface area contributed by atoms with Crippen LogP contribution in [0.3, 0.4) is 0 Å². The molecule has 0 aliphatic rings. The molecule has 0 atom stereocenters. The maximum atomic E-state index is 12.0. The Morgan fingerprint density at radius 1 is 1.47 bits per heavy atom. The minimum absolute atomic E-state index is 0.193. The van der Waals surface area contributed by atoms with Gasteiger partial charge in [0.2, 0.25) is 5.91 Å². The van der Waals surface area contributed by atoms with Gasteiger partial charge in [0.05, 0.1) is 6.54 Å². The summed E-state index contributed by atoms with van der Waals surface area (Å²) in [5.41, 5.74) is 0. The molecule has 0 fully saturated rings. The van der Waals surface area contributed by atoms with Crippen molar-refractivity contribution in [3.05, 3.63) is 22.4 Å². The molecule has 17 heavy (non-hydrogen) atoms. The number of hydrogen-bond acceptors (Lipinski definition) is 3. The van der Waals surface area contributed by atoms with Crippen LogP contribution in [-0.4, -0.2) is 41.9 Å². The van der Waals surface area contributed by atoms with Gasteiger partial charge in [-0.15, -0.1) is 11.3 Å². The molecule has 0 saturated carbocycles. The van der Waals surface area contributed by atoms with E-state index in [1.54, 1.807) is 16.2 Å². The van der Waals surface area contributed by atoms with Crippen LogP contribution in [0.4, 0.5) is 0 Å². The summed E-state index contributed by atoms with van der Waals surface area (Å²) in [4.78, 5) is 17.3. The summed E-state index contributed by atoms with van der Waals surface area (Å²) in [6, 6.07) is 4.43. The summed E-state index contributed by atoms with van der Waals surface area (Å²) in [6.45, 7) is 8.43. The van der Waals surface area contributed by atoms with Crippen LogP contribution in [0.15, 0.2) is 17.5 Å². The highest BCUT2D eigenvalue weighted by Gasteiger charge is 2.15. The zero-order chi connectivity index (χ0) is 12.8. The third-order valence-electron chi connectivity index (χ3n) is 2.93. The van der Waals surface area contributed by atoms with E-state index in [2.05, 4.69) is 29.3 Å². The first kappa shape index (κ1) is 14.2. The normalized spacial score (nSPS) is 11.2. The quantitative estimate of drug-likeness (QED) is 0.778. The number of carbonyl (C=O) groups excluding carboxylic acids is 1. The van der Waals surface area contributed by atoms with E-state index in [-0.39, 0.29) is 11.9 Å². The van der Waals surface area contributed by atoms with Crippen LogP contribution < -0.4 is 0 Å². The highest BCUT2D eigenvalue weighted by molar-refractivity contribution is 7.09. The largest absolute Gasteiger partial charge is 0.342 e. The van der Waals surface area contributed by atoms with Gasteiger partial charge < -0.3 is 4.90 Å². The topological polar surface area (TPSA) is 23.6 Å². The zero-order valence-corrected chi connectivity index (χ0v) is 12.0. The third kappa shape index (κ3) is 4.48. The van der Waals surface area contributed by atoms with Crippen molar-refractivity contribution in [2.24, 2.45) is 0 Å². The molecule has 1 heterocycles. The predicted molar refractivity (Wildman–Crippen MR) is 73.2 cm³/mol. The van der Waals surface area contributed by atoms with Crippen LogP contribution in [0.25, 0.3) is 0 Å². The molecule has 0 aliphatic heterocycles. The SMILES string of the molecule is CCN(CC(=O)N(C)C(C)C)Cc1cccs1. The molecule has 0 radical (unpaired) electrons. The molecular weight excluding hydrogens is 232 g/mol. The maximum absolute atomic E-state index is 12.0. The molecule has 96 valence electrons. The molecule has 0 aliphatic carbocycles. The average Bonchev–Trinajstić information content (AvgIpc) is 2.79. The second-order valence-corrected chi connectivity index (χ2v) is 5.51. The number of thiophene rings is 1. The van der Waals surface area contributed by atoms with Crippen LogP contribution in [-0.2, 0) is 11.3 Å². The highest BCUT2D eigenvalue weighted by atomic mass is 32.1. The van der Waals surface area contributed by atoms with Gasteiger partial charge in [0.1, 0.15) is 0 Å². The van der Waals surface area contributed by atoms with E-state index in [1.165, 1.54) is 4.88 Å². The molecule has 4 heteroatoms. The standard InChI is InChI=1S/C13H22N2OS/c1-5-15(9-12-7-6-8-17-12)10-13(16)14(4)11(2)3/h6-8,11H,5,9-10H2,1-4H3. The molecule has 0 unspecified atom stereocenters. The monoisotopic (exact) mass is 254 g/mol. The third-order valence-corrected chi connectivity index (χ3v) is 3.79. The van der Waals surface area contributed by atoms with Gasteiger partial charge in [0.15, 0.2) is 0 Å². The van der Waals surface area contributed by atoms with Crippen molar-refractivity contribution in [3.63, 3.8) is 0 Å². The number of nitrogens with zero attached hydrogens (tertiary/aromatic N) is 2. The van der Waals surface area contributed by atoms with E-state index in [0.717, 1.165) is 13.1 Å². The van der Waals surface area contributed by atoms with Crippen LogP contribution in [0.5, 0.6) is 0 Å². The Morgan fingerprint density at radius 3 is 2.65 bits per heavy atom. The second-order valence-electron chi connectivity index (χ2n) is 4.48. The molecular formula is C13H22N2OS. The lowest BCUT2D eigenvalue weighted by Crippen LogP contribution is -2.41. The summed E-state index contributed by atoms with van der Waals surface area (Å²) >= 11 is 1.74. The minimum Gasteiger partial charge on any atom is -0.342 e. The number of rotatable bonds is 6. The first-order valence-corrected chi connectivity index (χ1v) is 6.93. The fourth-order valence-electron chi connectivity index (χ4n) is 1.49. The second kappa shape index (κ2) is 6.77. The summed E-state index contributed by atoms with van der Waals surface area (Å²) in [6.07, 6.45) is 0. The fourth-order valence-corrected chi connectivity index (χ4v) is 2.24. The Hall–Kier alpha value is -0.870. The van der Waals surface area contributed by atoms with Gasteiger partial charge in [-0.2, -0.15) is 0 Å². The van der Waals surface area contributed by atoms with Crippen LogP contribution >= 0.6 is 11.3 Å². The van der Waals surface area contributed by atoms with E-state index >= 15 is 0 Å². The van der Waals surface area contributed by atoms with Gasteiger partial charge in [0, 0.05) is 24.5 Å². The lowest BCUT2D eigenvalue weighted by Gasteiger charge is -2.26. The molecule has 0 N–H and O–H groups in total. The maximum Gasteiger partial charge on any atom is 0.236 e. The van der Waals surface area contributed by atoms with Gasteiger partial charge in [-0.3, -0.25) is 9.69 Å². The Bertz CT molecular complexity index is 335. The van der Waals surface area contributed by atoms with E-state index in [4.69, 9.17) is 0 Å². The summed E-state index contributed by atoms with van der Waals surface area (Å²) < 4.78 is 0. The van der Waals surface area contributed by atoms with Crippen LogP contribution in [0, 0.1) is 0 Å². The van der Waals surface area contributed by atoms with Gasteiger partial charge in [-0.25, -0.2) is 0 Å². The lowest BCUT2D eigenvalue weighted by atomic mass is 10.3. The molecule has 3 nitrogen and oxygen atoms in total. The Kier molecular flexibility index (Phi) is 5.65. The van der Waals surface area contributed by atoms with Crippen LogP contribution in [0.2, 0.25) is 0 Å². The van der Waals surface area contributed by atoms with Crippen molar-refractivity contribution in [2.45, 2.75) is 33.4 Å². The minimum atomic E-state index is 0.193. The summed E-state index contributed by atoms with van der Waals surface area (Å²) in [7, 11) is 1.87. The van der Waals surface area contributed by atoms with Gasteiger partial charge in [0.25, 0.3) is 0 Å². The Balaban J connectivity index is 2.49. The van der Waals surface area contributed by atoms with Crippen molar-refractivity contribution >= 4 is 17.2 Å². The molecule has 0 saturated heterocycles. The molecule has 0 spiro atoms. The van der Waals surface area contributed by atoms with Gasteiger partial charge in [-0.05, 0) is 31.8 Å². The van der Waals surface area contributed by atoms with Crippen molar-refractivity contribution < 1.29 is 4.79 Å². The molecule has 0 bridgehead atoms. The number of likely N-dealkylation sites (N-methyl/N-ethyl adjacent to an activating group) is 2. The zero-order valence-electron chi connectivity index (χ0n) is 11.1. The average molecular weight is 254 g/mol. The molecule has 1 aromatic rings. The van der Waals surface area contributed by atoms with Crippen molar-refractivity contribution in [2.75, 3.05) is 20.1 Å². The van der Waals surface area contributed by atoms with Crippen molar-refractivity contribution in [1.82, 2.24) is 9.80 Å². The first-order chi connectivity index (χ1) is 8.04. The molecule has 1 aromatic heterocycles. The van der Waals surface area contributed by atoms with E-state index in [9.17, 15) is 4.79 Å². The predicted octanol–water partition coefficient (Wildman–Crippen LogP) is 2.44. The number of carbonyl (C=O) groups is 1. The van der Waals surface area contributed by atoms with Crippen molar-refractivity contribution in [3.8, 4) is 0 Å². The molecule has 1 rings (SSSR count).